The molecule has 0 aromatic carbocycles. The lowest BCUT2D eigenvalue weighted by molar-refractivity contribution is 0.289. The molecular weight excluding hydrogens is 266 g/mol. The summed E-state index contributed by atoms with van der Waals surface area (Å²) in [7, 11) is 1.81. The number of pyridine rings is 2. The van der Waals surface area contributed by atoms with E-state index in [0.29, 0.717) is 28.4 Å². The Hall–Kier alpha value is -2.21. The third-order valence-electron chi connectivity index (χ3n) is 2.68. The zero-order valence-electron chi connectivity index (χ0n) is 10.1. The van der Waals surface area contributed by atoms with Crippen LogP contribution in [0.5, 0.6) is 5.75 Å². The van der Waals surface area contributed by atoms with E-state index < -0.39 is 0 Å². The number of hydrogen-bond acceptors (Lipinski definition) is 5. The van der Waals surface area contributed by atoms with E-state index in [2.05, 4.69) is 20.1 Å². The average molecular weight is 276 g/mol. The minimum absolute atomic E-state index is 0.324. The zero-order valence-corrected chi connectivity index (χ0v) is 10.9. The third-order valence-corrected chi connectivity index (χ3v) is 2.98. The first-order valence-corrected chi connectivity index (χ1v) is 5.98. The quantitative estimate of drug-likeness (QED) is 0.731. The number of fused-ring (bicyclic) bond motifs is 1. The predicted molar refractivity (Wildman–Crippen MR) is 69.9 cm³/mol. The standard InChI is InChI=1S/C12H10ClN5O/c1-18-11(16-7-17-18)6-19-8-4-10-12(15-5-8)9(13)2-3-14-10/h2-5,7H,6H2,1H3. The van der Waals surface area contributed by atoms with Crippen molar-refractivity contribution in [3.8, 4) is 5.75 Å². The van der Waals surface area contributed by atoms with Crippen molar-refractivity contribution in [1.82, 2.24) is 24.7 Å². The molecule has 3 heterocycles. The SMILES string of the molecule is Cn1ncnc1COc1cnc2c(Cl)ccnc2c1. The van der Waals surface area contributed by atoms with E-state index in [1.807, 2.05) is 7.05 Å². The second-order valence-corrected chi connectivity index (χ2v) is 4.33. The van der Waals surface area contributed by atoms with Crippen LogP contribution < -0.4 is 4.74 Å². The van der Waals surface area contributed by atoms with Crippen LogP contribution in [-0.2, 0) is 13.7 Å². The molecule has 0 radical (unpaired) electrons. The fourth-order valence-corrected chi connectivity index (χ4v) is 1.86. The summed E-state index contributed by atoms with van der Waals surface area (Å²) in [5.41, 5.74) is 1.36. The average Bonchev–Trinajstić information content (AvgIpc) is 2.82. The summed E-state index contributed by atoms with van der Waals surface area (Å²) in [6, 6.07) is 3.50. The minimum atomic E-state index is 0.324. The number of nitrogens with zero attached hydrogens (tertiary/aromatic N) is 5. The molecule has 6 nitrogen and oxygen atoms in total. The summed E-state index contributed by atoms with van der Waals surface area (Å²) in [5.74, 6) is 1.35. The van der Waals surface area contributed by atoms with Gasteiger partial charge in [0.15, 0.2) is 5.82 Å². The molecule has 19 heavy (non-hydrogen) atoms. The highest BCUT2D eigenvalue weighted by atomic mass is 35.5. The summed E-state index contributed by atoms with van der Waals surface area (Å²) in [6.45, 7) is 0.324. The van der Waals surface area contributed by atoms with Gasteiger partial charge in [0.05, 0.1) is 16.7 Å². The van der Waals surface area contributed by atoms with E-state index in [0.717, 1.165) is 5.82 Å². The van der Waals surface area contributed by atoms with Crippen molar-refractivity contribution >= 4 is 22.6 Å². The van der Waals surface area contributed by atoms with Crippen LogP contribution in [0.15, 0.2) is 30.9 Å². The molecule has 0 unspecified atom stereocenters. The lowest BCUT2D eigenvalue weighted by Crippen LogP contribution is -2.04. The maximum atomic E-state index is 6.02. The Balaban J connectivity index is 1.84. The number of ether oxygens (including phenoxy) is 1. The maximum Gasteiger partial charge on any atom is 0.164 e. The van der Waals surface area contributed by atoms with Crippen LogP contribution in [-0.4, -0.2) is 24.7 Å². The molecule has 0 atom stereocenters. The summed E-state index contributed by atoms with van der Waals surface area (Å²) in [5, 5.41) is 4.54. The summed E-state index contributed by atoms with van der Waals surface area (Å²) in [6.07, 6.45) is 4.74. The lowest BCUT2D eigenvalue weighted by atomic mass is 10.3. The molecule has 0 N–H and O–H groups in total. The van der Waals surface area contributed by atoms with Crippen molar-refractivity contribution in [2.75, 3.05) is 0 Å². The molecule has 0 aliphatic heterocycles. The van der Waals surface area contributed by atoms with E-state index in [1.165, 1.54) is 6.33 Å². The van der Waals surface area contributed by atoms with Gasteiger partial charge in [-0.1, -0.05) is 11.6 Å². The zero-order chi connectivity index (χ0) is 13.2. The molecule has 0 amide bonds. The molecule has 3 aromatic heterocycles. The number of halogens is 1. The van der Waals surface area contributed by atoms with Gasteiger partial charge in [-0.3, -0.25) is 9.67 Å². The topological polar surface area (TPSA) is 65.7 Å². The molecule has 0 aliphatic carbocycles. The van der Waals surface area contributed by atoms with Crippen molar-refractivity contribution in [2.45, 2.75) is 6.61 Å². The van der Waals surface area contributed by atoms with Crippen molar-refractivity contribution in [1.29, 1.82) is 0 Å². The molecule has 3 rings (SSSR count). The van der Waals surface area contributed by atoms with Gasteiger partial charge in [-0.2, -0.15) is 5.10 Å². The van der Waals surface area contributed by atoms with E-state index >= 15 is 0 Å². The lowest BCUT2D eigenvalue weighted by Gasteiger charge is -2.06. The van der Waals surface area contributed by atoms with Gasteiger partial charge in [-0.25, -0.2) is 9.97 Å². The van der Waals surface area contributed by atoms with Gasteiger partial charge in [0.2, 0.25) is 0 Å². The molecule has 3 aromatic rings. The largest absolute Gasteiger partial charge is 0.484 e. The predicted octanol–water partition coefficient (Wildman–Crippen LogP) is 1.99. The highest BCUT2D eigenvalue weighted by Gasteiger charge is 2.05. The smallest absolute Gasteiger partial charge is 0.164 e. The van der Waals surface area contributed by atoms with Gasteiger partial charge in [-0.05, 0) is 6.07 Å². The van der Waals surface area contributed by atoms with Gasteiger partial charge in [-0.15, -0.1) is 0 Å². The van der Waals surface area contributed by atoms with Gasteiger partial charge in [0.1, 0.15) is 24.2 Å². The van der Waals surface area contributed by atoms with Crippen LogP contribution >= 0.6 is 11.6 Å². The number of hydrogen-bond donors (Lipinski definition) is 0. The second kappa shape index (κ2) is 4.81. The van der Waals surface area contributed by atoms with Crippen LogP contribution in [0.2, 0.25) is 5.02 Å². The summed E-state index contributed by atoms with van der Waals surface area (Å²) >= 11 is 6.02. The molecule has 96 valence electrons. The third kappa shape index (κ3) is 2.34. The first kappa shape index (κ1) is 11.9. The van der Waals surface area contributed by atoms with Gasteiger partial charge < -0.3 is 4.74 Å². The van der Waals surface area contributed by atoms with Crippen LogP contribution in [0.4, 0.5) is 0 Å². The van der Waals surface area contributed by atoms with Gasteiger partial charge in [0, 0.05) is 19.3 Å². The molecule has 7 heteroatoms. The Morgan fingerprint density at radius 3 is 3.00 bits per heavy atom. The van der Waals surface area contributed by atoms with Crippen molar-refractivity contribution in [3.63, 3.8) is 0 Å². The maximum absolute atomic E-state index is 6.02. The first-order chi connectivity index (χ1) is 9.24. The van der Waals surface area contributed by atoms with E-state index in [-0.39, 0.29) is 0 Å². The molecular formula is C12H10ClN5O. The number of rotatable bonds is 3. The highest BCUT2D eigenvalue weighted by Crippen LogP contribution is 2.22. The van der Waals surface area contributed by atoms with E-state index in [1.54, 1.807) is 29.2 Å². The van der Waals surface area contributed by atoms with Gasteiger partial charge in [0.25, 0.3) is 0 Å². The molecule has 0 saturated heterocycles. The fourth-order valence-electron chi connectivity index (χ4n) is 1.66. The van der Waals surface area contributed by atoms with E-state index in [9.17, 15) is 0 Å². The highest BCUT2D eigenvalue weighted by molar-refractivity contribution is 6.34. The Morgan fingerprint density at radius 1 is 1.32 bits per heavy atom. The van der Waals surface area contributed by atoms with Crippen molar-refractivity contribution in [3.05, 3.63) is 41.7 Å². The Morgan fingerprint density at radius 2 is 2.21 bits per heavy atom. The molecule has 0 fully saturated rings. The summed E-state index contributed by atoms with van der Waals surface area (Å²) < 4.78 is 7.27. The van der Waals surface area contributed by atoms with E-state index in [4.69, 9.17) is 16.3 Å². The Labute approximate surface area is 114 Å². The summed E-state index contributed by atoms with van der Waals surface area (Å²) in [4.78, 5) is 12.5. The molecule has 0 aliphatic rings. The Kier molecular flexibility index (Phi) is 3.00. The second-order valence-electron chi connectivity index (χ2n) is 3.92. The number of aryl methyl sites for hydroxylation is 1. The first-order valence-electron chi connectivity index (χ1n) is 5.60. The minimum Gasteiger partial charge on any atom is -0.484 e. The molecule has 0 spiro atoms. The Bertz CT molecular complexity index is 727. The molecule has 0 saturated carbocycles. The van der Waals surface area contributed by atoms with Gasteiger partial charge >= 0.3 is 0 Å². The fraction of sp³-hybridized carbons (Fsp3) is 0.167. The van der Waals surface area contributed by atoms with Crippen molar-refractivity contribution < 1.29 is 4.74 Å². The van der Waals surface area contributed by atoms with Crippen LogP contribution in [0.25, 0.3) is 11.0 Å². The van der Waals surface area contributed by atoms with Crippen LogP contribution in [0, 0.1) is 0 Å². The normalized spacial score (nSPS) is 10.8. The monoisotopic (exact) mass is 275 g/mol. The van der Waals surface area contributed by atoms with Crippen LogP contribution in [0.1, 0.15) is 5.82 Å². The number of aromatic nitrogens is 5. The van der Waals surface area contributed by atoms with Crippen LogP contribution in [0.3, 0.4) is 0 Å². The van der Waals surface area contributed by atoms with Crippen molar-refractivity contribution in [2.24, 2.45) is 7.05 Å². The molecule has 0 bridgehead atoms.